The largest absolute Gasteiger partial charge is 0.329 e. The Morgan fingerprint density at radius 1 is 1.25 bits per heavy atom. The first-order valence-electron chi connectivity index (χ1n) is 5.81. The Bertz CT molecular complexity index is 321. The zero-order valence-corrected chi connectivity index (χ0v) is 11.3. The molecule has 1 fully saturated rings. The topological polar surface area (TPSA) is 66.6 Å². The zero-order valence-electron chi connectivity index (χ0n) is 10.4. The molecule has 1 saturated carbocycles. The Labute approximate surface area is 98.8 Å². The van der Waals surface area contributed by atoms with Gasteiger partial charge in [0.2, 0.25) is 0 Å². The number of rotatable bonds is 5. The van der Waals surface area contributed by atoms with Crippen LogP contribution in [0.2, 0.25) is 0 Å². The average Bonchev–Trinajstić information content (AvgIpc) is 2.68. The standard InChI is InChI=1S/C10H23N3O2S/c1-4-13(16(14,15)12(2)3)10(9-11)7-5-6-8-10/h4-9,11H2,1-3H3. The number of nitrogens with two attached hydrogens (primary N) is 1. The van der Waals surface area contributed by atoms with Crippen molar-refractivity contribution in [3.05, 3.63) is 0 Å². The third-order valence-corrected chi connectivity index (χ3v) is 5.60. The fourth-order valence-electron chi connectivity index (χ4n) is 2.53. The molecule has 96 valence electrons. The highest BCUT2D eigenvalue weighted by molar-refractivity contribution is 7.86. The summed E-state index contributed by atoms with van der Waals surface area (Å²) in [5, 5.41) is 0. The Morgan fingerprint density at radius 2 is 1.75 bits per heavy atom. The van der Waals surface area contributed by atoms with Crippen molar-refractivity contribution in [1.29, 1.82) is 0 Å². The first-order chi connectivity index (χ1) is 7.40. The molecule has 16 heavy (non-hydrogen) atoms. The molecule has 5 nitrogen and oxygen atoms in total. The lowest BCUT2D eigenvalue weighted by Crippen LogP contribution is -2.57. The summed E-state index contributed by atoms with van der Waals surface area (Å²) in [6, 6.07) is 0. The molecule has 0 bridgehead atoms. The van der Waals surface area contributed by atoms with Gasteiger partial charge >= 0.3 is 0 Å². The van der Waals surface area contributed by atoms with Gasteiger partial charge in [0.25, 0.3) is 10.2 Å². The minimum atomic E-state index is -3.36. The molecule has 0 saturated heterocycles. The van der Waals surface area contributed by atoms with Crippen LogP contribution in [0.1, 0.15) is 32.6 Å². The summed E-state index contributed by atoms with van der Waals surface area (Å²) in [7, 11) is -0.223. The van der Waals surface area contributed by atoms with Gasteiger partial charge < -0.3 is 5.73 Å². The van der Waals surface area contributed by atoms with Gasteiger partial charge in [0.1, 0.15) is 0 Å². The van der Waals surface area contributed by atoms with Crippen molar-refractivity contribution in [2.75, 3.05) is 27.2 Å². The molecule has 0 atom stereocenters. The maximum absolute atomic E-state index is 12.2. The van der Waals surface area contributed by atoms with E-state index in [9.17, 15) is 8.42 Å². The van der Waals surface area contributed by atoms with E-state index >= 15 is 0 Å². The van der Waals surface area contributed by atoms with Crippen molar-refractivity contribution in [2.45, 2.75) is 38.1 Å². The zero-order chi connectivity index (χ0) is 12.4. The van der Waals surface area contributed by atoms with E-state index < -0.39 is 10.2 Å². The average molecular weight is 249 g/mol. The molecular formula is C10H23N3O2S. The van der Waals surface area contributed by atoms with Crippen LogP contribution in [0.4, 0.5) is 0 Å². The predicted molar refractivity (Wildman–Crippen MR) is 65.2 cm³/mol. The second kappa shape index (κ2) is 5.00. The van der Waals surface area contributed by atoms with E-state index in [4.69, 9.17) is 5.73 Å². The first-order valence-corrected chi connectivity index (χ1v) is 7.21. The van der Waals surface area contributed by atoms with Crippen molar-refractivity contribution in [1.82, 2.24) is 8.61 Å². The lowest BCUT2D eigenvalue weighted by atomic mass is 9.98. The second-order valence-electron chi connectivity index (χ2n) is 4.59. The molecule has 0 aromatic rings. The van der Waals surface area contributed by atoms with Crippen molar-refractivity contribution in [3.63, 3.8) is 0 Å². The fourth-order valence-corrected chi connectivity index (χ4v) is 4.00. The van der Waals surface area contributed by atoms with Crippen LogP contribution in [0.3, 0.4) is 0 Å². The molecule has 1 aliphatic rings. The van der Waals surface area contributed by atoms with Crippen LogP contribution in [0.15, 0.2) is 0 Å². The summed E-state index contributed by atoms with van der Waals surface area (Å²) >= 11 is 0. The second-order valence-corrected chi connectivity index (χ2v) is 6.66. The van der Waals surface area contributed by atoms with Gasteiger partial charge in [0.15, 0.2) is 0 Å². The van der Waals surface area contributed by atoms with E-state index in [1.54, 1.807) is 18.4 Å². The van der Waals surface area contributed by atoms with Gasteiger partial charge in [-0.25, -0.2) is 0 Å². The minimum absolute atomic E-state index is 0.349. The van der Waals surface area contributed by atoms with Crippen LogP contribution in [-0.4, -0.2) is 49.8 Å². The molecule has 0 unspecified atom stereocenters. The lowest BCUT2D eigenvalue weighted by Gasteiger charge is -2.40. The summed E-state index contributed by atoms with van der Waals surface area (Å²) in [6.07, 6.45) is 3.89. The number of hydrogen-bond acceptors (Lipinski definition) is 3. The van der Waals surface area contributed by atoms with Gasteiger partial charge in [-0.3, -0.25) is 0 Å². The van der Waals surface area contributed by atoms with Crippen molar-refractivity contribution in [2.24, 2.45) is 5.73 Å². The van der Waals surface area contributed by atoms with Gasteiger partial charge in [-0.2, -0.15) is 17.0 Å². The molecule has 6 heteroatoms. The highest BCUT2D eigenvalue weighted by Gasteiger charge is 2.44. The third-order valence-electron chi connectivity index (χ3n) is 3.47. The molecule has 1 aliphatic carbocycles. The molecule has 2 N–H and O–H groups in total. The van der Waals surface area contributed by atoms with E-state index in [-0.39, 0.29) is 5.54 Å². The Hall–Kier alpha value is -0.170. The molecule has 1 rings (SSSR count). The van der Waals surface area contributed by atoms with Gasteiger partial charge in [-0.1, -0.05) is 19.8 Å². The molecule has 0 radical (unpaired) electrons. The molecule has 0 heterocycles. The van der Waals surface area contributed by atoms with Gasteiger partial charge in [-0.05, 0) is 12.8 Å². The van der Waals surface area contributed by atoms with E-state index in [1.807, 2.05) is 6.92 Å². The molecule has 0 aromatic heterocycles. The van der Waals surface area contributed by atoms with E-state index in [2.05, 4.69) is 0 Å². The first kappa shape index (κ1) is 13.9. The summed E-state index contributed by atoms with van der Waals surface area (Å²) in [4.78, 5) is 0. The molecule has 0 aliphatic heterocycles. The Balaban J connectivity index is 3.06. The van der Waals surface area contributed by atoms with E-state index in [0.717, 1.165) is 25.7 Å². The van der Waals surface area contributed by atoms with Crippen LogP contribution < -0.4 is 5.73 Å². The smallest absolute Gasteiger partial charge is 0.282 e. The fraction of sp³-hybridized carbons (Fsp3) is 1.00. The van der Waals surface area contributed by atoms with E-state index in [0.29, 0.717) is 13.1 Å². The predicted octanol–water partition coefficient (Wildman–Crippen LogP) is 0.386. The van der Waals surface area contributed by atoms with Gasteiger partial charge in [0, 0.05) is 32.7 Å². The Kier molecular flexibility index (Phi) is 4.34. The number of nitrogens with zero attached hydrogens (tertiary/aromatic N) is 2. The lowest BCUT2D eigenvalue weighted by molar-refractivity contribution is 0.195. The van der Waals surface area contributed by atoms with E-state index in [1.165, 1.54) is 4.31 Å². The SMILES string of the molecule is CCN(C1(CN)CCCC1)S(=O)(=O)N(C)C. The van der Waals surface area contributed by atoms with Gasteiger partial charge in [-0.15, -0.1) is 0 Å². The maximum Gasteiger partial charge on any atom is 0.282 e. The summed E-state index contributed by atoms with van der Waals surface area (Å²) < 4.78 is 27.3. The quantitative estimate of drug-likeness (QED) is 0.766. The number of hydrogen-bond donors (Lipinski definition) is 1. The van der Waals surface area contributed by atoms with Crippen molar-refractivity contribution < 1.29 is 8.42 Å². The van der Waals surface area contributed by atoms with Crippen LogP contribution in [0, 0.1) is 0 Å². The summed E-state index contributed by atoms with van der Waals surface area (Å²) in [6.45, 7) is 2.77. The summed E-state index contributed by atoms with van der Waals surface area (Å²) in [5.74, 6) is 0. The maximum atomic E-state index is 12.2. The highest BCUT2D eigenvalue weighted by atomic mass is 32.2. The van der Waals surface area contributed by atoms with Crippen molar-refractivity contribution in [3.8, 4) is 0 Å². The van der Waals surface area contributed by atoms with Crippen molar-refractivity contribution >= 4 is 10.2 Å². The van der Waals surface area contributed by atoms with Gasteiger partial charge in [0.05, 0.1) is 0 Å². The molecule has 0 amide bonds. The normalized spacial score (nSPS) is 20.9. The van der Waals surface area contributed by atoms with Crippen LogP contribution >= 0.6 is 0 Å². The highest BCUT2D eigenvalue weighted by Crippen LogP contribution is 2.36. The summed E-state index contributed by atoms with van der Waals surface area (Å²) in [5.41, 5.74) is 5.47. The molecule has 0 aromatic carbocycles. The van der Waals surface area contributed by atoms with Crippen LogP contribution in [0.5, 0.6) is 0 Å². The van der Waals surface area contributed by atoms with Crippen LogP contribution in [-0.2, 0) is 10.2 Å². The number of likely N-dealkylation sites (N-methyl/N-ethyl adjacent to an activating group) is 1. The monoisotopic (exact) mass is 249 g/mol. The molecule has 0 spiro atoms. The third kappa shape index (κ3) is 2.25. The Morgan fingerprint density at radius 3 is 2.06 bits per heavy atom. The van der Waals surface area contributed by atoms with Crippen LogP contribution in [0.25, 0.3) is 0 Å². The minimum Gasteiger partial charge on any atom is -0.329 e. The molecular weight excluding hydrogens is 226 g/mol.